The summed E-state index contributed by atoms with van der Waals surface area (Å²) in [7, 11) is 0.184. The molecule has 0 aliphatic carbocycles. The summed E-state index contributed by atoms with van der Waals surface area (Å²) in [5, 5.41) is 1.20. The van der Waals surface area contributed by atoms with Gasteiger partial charge in [-0.1, -0.05) is 50.6 Å². The third-order valence-corrected chi connectivity index (χ3v) is 6.06. The number of aryl methyl sites for hydroxylation is 5. The van der Waals surface area contributed by atoms with Crippen LogP contribution in [0.3, 0.4) is 0 Å². The van der Waals surface area contributed by atoms with Gasteiger partial charge in [0.1, 0.15) is 0 Å². The smallest absolute Gasteiger partial charge is 0.186 e. The Morgan fingerprint density at radius 3 is 1.64 bits per heavy atom. The first-order chi connectivity index (χ1) is 11.0. The molecule has 0 heterocycles. The number of benzene rings is 2. The molecule has 0 saturated carbocycles. The van der Waals surface area contributed by atoms with Crippen LogP contribution in [0.15, 0.2) is 24.3 Å². The van der Waals surface area contributed by atoms with Gasteiger partial charge in [0.2, 0.25) is 0 Å². The summed E-state index contributed by atoms with van der Waals surface area (Å²) in [6.07, 6.45) is 0. The first-order valence-corrected chi connectivity index (χ1v) is 9.51. The van der Waals surface area contributed by atoms with Crippen LogP contribution in [0.5, 0.6) is 0 Å². The molecule has 0 aliphatic rings. The molecule has 0 fully saturated rings. The van der Waals surface area contributed by atoms with E-state index in [1.165, 1.54) is 27.6 Å². The van der Waals surface area contributed by atoms with Crippen molar-refractivity contribution in [1.29, 1.82) is 0 Å². The molecule has 0 aromatic heterocycles. The molecule has 1 radical (unpaired) electrons. The SMILES string of the molecule is Cc1cc(C)c(C(=O)Pc2c(C)cc(C(C)(C)C)cc2C)c(C)c1.[Li]. The molecule has 1 atom stereocenters. The summed E-state index contributed by atoms with van der Waals surface area (Å²) < 4.78 is 0. The number of carbonyl (C=O) groups excluding carboxylic acids is 1. The van der Waals surface area contributed by atoms with Crippen LogP contribution in [0.25, 0.3) is 0 Å². The van der Waals surface area contributed by atoms with Gasteiger partial charge in [0.25, 0.3) is 0 Å². The van der Waals surface area contributed by atoms with Gasteiger partial charge in [0, 0.05) is 24.4 Å². The monoisotopic (exact) mass is 347 g/mol. The summed E-state index contributed by atoms with van der Waals surface area (Å²) in [6, 6.07) is 8.70. The van der Waals surface area contributed by atoms with Crippen LogP contribution in [0.4, 0.5) is 0 Å². The topological polar surface area (TPSA) is 17.1 Å². The zero-order chi connectivity index (χ0) is 18.2. The van der Waals surface area contributed by atoms with Crippen molar-refractivity contribution in [2.75, 3.05) is 0 Å². The third kappa shape index (κ3) is 5.07. The molecule has 0 spiro atoms. The molecule has 2 aromatic carbocycles. The van der Waals surface area contributed by atoms with Gasteiger partial charge in [-0.2, -0.15) is 0 Å². The number of hydrogen-bond acceptors (Lipinski definition) is 1. The largest absolute Gasteiger partial charge is 0.289 e. The third-order valence-electron chi connectivity index (χ3n) is 4.54. The van der Waals surface area contributed by atoms with Crippen LogP contribution >= 0.6 is 8.58 Å². The van der Waals surface area contributed by atoms with Crippen LogP contribution in [-0.2, 0) is 5.41 Å². The molecule has 0 bridgehead atoms. The number of hydrogen-bond donors (Lipinski definition) is 0. The fourth-order valence-electron chi connectivity index (χ4n) is 3.31. The molecule has 2 aromatic rings. The van der Waals surface area contributed by atoms with Crippen molar-refractivity contribution in [1.82, 2.24) is 0 Å². The molecule has 0 amide bonds. The Kier molecular flexibility index (Phi) is 7.29. The van der Waals surface area contributed by atoms with Gasteiger partial charge in [0.15, 0.2) is 5.52 Å². The Balaban J connectivity index is 0.00000312. The molecule has 2 rings (SSSR count). The molecule has 0 saturated heterocycles. The number of rotatable bonds is 3. The summed E-state index contributed by atoms with van der Waals surface area (Å²) in [4.78, 5) is 13.0. The van der Waals surface area contributed by atoms with Gasteiger partial charge in [0.05, 0.1) is 0 Å². The second-order valence-corrected chi connectivity index (χ2v) is 9.17. The second kappa shape index (κ2) is 8.22. The maximum atomic E-state index is 13.0. The van der Waals surface area contributed by atoms with Crippen LogP contribution in [0, 0.1) is 34.6 Å². The quantitative estimate of drug-likeness (QED) is 0.545. The zero-order valence-corrected chi connectivity index (χ0v) is 18.2. The number of carbonyl (C=O) groups is 1. The van der Waals surface area contributed by atoms with Gasteiger partial charge in [-0.15, -0.1) is 0 Å². The normalized spacial score (nSPS) is 11.7. The van der Waals surface area contributed by atoms with Crippen LogP contribution in [0.2, 0.25) is 0 Å². The predicted molar refractivity (Wildman–Crippen MR) is 113 cm³/mol. The molecule has 1 unspecified atom stereocenters. The van der Waals surface area contributed by atoms with E-state index in [0.717, 1.165) is 16.7 Å². The van der Waals surface area contributed by atoms with E-state index in [9.17, 15) is 4.79 Å². The molecule has 0 N–H and O–H groups in total. The van der Waals surface area contributed by atoms with Crippen molar-refractivity contribution in [2.45, 2.75) is 60.8 Å². The van der Waals surface area contributed by atoms with Gasteiger partial charge >= 0.3 is 0 Å². The molecular weight excluding hydrogens is 318 g/mol. The van der Waals surface area contributed by atoms with E-state index in [-0.39, 0.29) is 38.4 Å². The van der Waals surface area contributed by atoms with E-state index in [4.69, 9.17) is 0 Å². The molecule has 25 heavy (non-hydrogen) atoms. The minimum atomic E-state index is 0. The van der Waals surface area contributed by atoms with Gasteiger partial charge in [-0.05, 0) is 81.7 Å². The van der Waals surface area contributed by atoms with E-state index in [1.54, 1.807) is 0 Å². The molecule has 129 valence electrons. The first kappa shape index (κ1) is 22.2. The van der Waals surface area contributed by atoms with E-state index < -0.39 is 0 Å². The van der Waals surface area contributed by atoms with Crippen molar-refractivity contribution >= 4 is 38.3 Å². The van der Waals surface area contributed by atoms with Gasteiger partial charge in [-0.3, -0.25) is 4.79 Å². The standard InChI is InChI=1S/C22H29OP.Li/c1-13-9-14(2)19(15(3)10-13)21(23)24-20-16(4)11-18(12-17(20)5)22(6,7)8;/h9-12,24H,1-8H3;. The van der Waals surface area contributed by atoms with Gasteiger partial charge < -0.3 is 0 Å². The summed E-state index contributed by atoms with van der Waals surface area (Å²) in [6.45, 7) is 17.1. The molecule has 1 nitrogen and oxygen atoms in total. The zero-order valence-electron chi connectivity index (χ0n) is 17.2. The first-order valence-electron chi connectivity index (χ1n) is 8.51. The minimum Gasteiger partial charge on any atom is -0.289 e. The molecular formula is C22H29LiOP. The van der Waals surface area contributed by atoms with E-state index in [0.29, 0.717) is 0 Å². The van der Waals surface area contributed by atoms with Gasteiger partial charge in [-0.25, -0.2) is 0 Å². The van der Waals surface area contributed by atoms with Crippen LogP contribution in [-0.4, -0.2) is 24.4 Å². The molecule has 3 heteroatoms. The Labute approximate surface area is 167 Å². The summed E-state index contributed by atoms with van der Waals surface area (Å²) in [5.74, 6) is 0. The van der Waals surface area contributed by atoms with Crippen molar-refractivity contribution in [3.05, 3.63) is 63.2 Å². The Hall–Kier alpha value is -0.863. The molecule has 0 aliphatic heterocycles. The van der Waals surface area contributed by atoms with E-state index in [2.05, 4.69) is 65.8 Å². The maximum absolute atomic E-state index is 13.0. The van der Waals surface area contributed by atoms with Crippen molar-refractivity contribution in [3.8, 4) is 0 Å². The average Bonchev–Trinajstić information content (AvgIpc) is 2.40. The Morgan fingerprint density at radius 1 is 0.800 bits per heavy atom. The Bertz CT molecular complexity index is 754. The van der Waals surface area contributed by atoms with Crippen molar-refractivity contribution < 1.29 is 4.79 Å². The maximum Gasteiger partial charge on any atom is 0.186 e. The Morgan fingerprint density at radius 2 is 1.24 bits per heavy atom. The minimum absolute atomic E-state index is 0. The van der Waals surface area contributed by atoms with Crippen molar-refractivity contribution in [3.63, 3.8) is 0 Å². The summed E-state index contributed by atoms with van der Waals surface area (Å²) in [5.41, 5.74) is 8.47. The predicted octanol–water partition coefficient (Wildman–Crippen LogP) is 5.29. The summed E-state index contributed by atoms with van der Waals surface area (Å²) >= 11 is 0. The second-order valence-electron chi connectivity index (χ2n) is 7.96. The van der Waals surface area contributed by atoms with Crippen LogP contribution < -0.4 is 5.30 Å². The average molecular weight is 347 g/mol. The fraction of sp³-hybridized carbons (Fsp3) is 0.409. The fourth-order valence-corrected chi connectivity index (χ4v) is 4.59. The van der Waals surface area contributed by atoms with E-state index in [1.807, 2.05) is 13.8 Å². The van der Waals surface area contributed by atoms with Crippen molar-refractivity contribution in [2.24, 2.45) is 0 Å². The van der Waals surface area contributed by atoms with E-state index >= 15 is 0 Å². The van der Waals surface area contributed by atoms with Crippen LogP contribution in [0.1, 0.15) is 64.5 Å².